The molecule has 3 atom stereocenters. The number of hydrogen-bond acceptors (Lipinski definition) is 6. The van der Waals surface area contributed by atoms with Gasteiger partial charge >= 0.3 is 5.97 Å². The van der Waals surface area contributed by atoms with E-state index in [1.54, 1.807) is 0 Å². The third-order valence-electron chi connectivity index (χ3n) is 9.56. The van der Waals surface area contributed by atoms with Crippen LogP contribution in [0.3, 0.4) is 0 Å². The van der Waals surface area contributed by atoms with Crippen LogP contribution in [0.5, 0.6) is 0 Å². The Morgan fingerprint density at radius 2 is 1.44 bits per heavy atom. The maximum Gasteiger partial charge on any atom is 0.303 e. The molecule has 48 heavy (non-hydrogen) atoms. The molecule has 2 fully saturated rings. The van der Waals surface area contributed by atoms with Crippen molar-refractivity contribution in [2.45, 2.75) is 109 Å². The van der Waals surface area contributed by atoms with Gasteiger partial charge in [-0.2, -0.15) is 0 Å². The number of hydrogen-bond donors (Lipinski definition) is 3. The van der Waals surface area contributed by atoms with E-state index in [1.807, 2.05) is 30.3 Å². The molecule has 2 aliphatic rings. The van der Waals surface area contributed by atoms with E-state index >= 15 is 0 Å². The van der Waals surface area contributed by atoms with E-state index in [9.17, 15) is 14.7 Å². The standard InChI is InChI=1S/C40H52N2O6/c43-29-30-16-18-32(19-17-30)37-26-35(28-42-24-10-4-1-5-11-25-42)47-40(48-37)33-22-20-31(21-23-33)36-13-9-8-12-34(36)27-41-38(44)14-6-2-3-7-15-39(45)46/h8-9,12-13,16-23,35,37,40,43H,1-7,10-11,14-15,24-29H2,(H,41,44)(H,45,46)/t35-,37+,40+/m1/s1. The van der Waals surface area contributed by atoms with E-state index in [0.29, 0.717) is 19.4 Å². The van der Waals surface area contributed by atoms with Gasteiger partial charge in [-0.25, -0.2) is 0 Å². The zero-order valence-electron chi connectivity index (χ0n) is 28.2. The van der Waals surface area contributed by atoms with E-state index in [1.165, 1.54) is 32.1 Å². The highest BCUT2D eigenvalue weighted by Crippen LogP contribution is 2.39. The topological polar surface area (TPSA) is 108 Å². The van der Waals surface area contributed by atoms with E-state index < -0.39 is 12.3 Å². The summed E-state index contributed by atoms with van der Waals surface area (Å²) >= 11 is 0. The molecule has 0 radical (unpaired) electrons. The summed E-state index contributed by atoms with van der Waals surface area (Å²) in [5, 5.41) is 21.4. The molecule has 0 unspecified atom stereocenters. The van der Waals surface area contributed by atoms with Crippen LogP contribution >= 0.6 is 0 Å². The Balaban J connectivity index is 1.23. The van der Waals surface area contributed by atoms with Crippen LogP contribution in [-0.2, 0) is 32.2 Å². The highest BCUT2D eigenvalue weighted by atomic mass is 16.7. The number of nitrogens with zero attached hydrogens (tertiary/aromatic N) is 1. The Morgan fingerprint density at radius 1 is 0.771 bits per heavy atom. The molecule has 3 N–H and O–H groups in total. The molecule has 0 bridgehead atoms. The summed E-state index contributed by atoms with van der Waals surface area (Å²) in [6, 6.07) is 24.6. The van der Waals surface area contributed by atoms with E-state index in [0.717, 1.165) is 78.7 Å². The molecule has 0 aliphatic carbocycles. The summed E-state index contributed by atoms with van der Waals surface area (Å²) in [6.07, 6.45) is 10.4. The predicted octanol–water partition coefficient (Wildman–Crippen LogP) is 7.70. The summed E-state index contributed by atoms with van der Waals surface area (Å²) in [5.41, 5.74) is 6.14. The van der Waals surface area contributed by atoms with E-state index in [2.05, 4.69) is 52.7 Å². The quantitative estimate of drug-likeness (QED) is 0.144. The Hall–Kier alpha value is -3.56. The van der Waals surface area contributed by atoms with Crippen molar-refractivity contribution in [1.82, 2.24) is 10.2 Å². The number of carboxylic acid groups (broad SMARTS) is 1. The molecule has 1 amide bonds. The third-order valence-corrected chi connectivity index (χ3v) is 9.56. The molecular weight excluding hydrogens is 604 g/mol. The highest BCUT2D eigenvalue weighted by Gasteiger charge is 2.33. The monoisotopic (exact) mass is 656 g/mol. The molecule has 2 aliphatic heterocycles. The van der Waals surface area contributed by atoms with Gasteiger partial charge in [0.25, 0.3) is 0 Å². The molecular formula is C40H52N2O6. The number of carbonyl (C=O) groups is 2. The summed E-state index contributed by atoms with van der Waals surface area (Å²) in [6.45, 7) is 3.59. The summed E-state index contributed by atoms with van der Waals surface area (Å²) in [5.74, 6) is -0.759. The number of likely N-dealkylation sites (tertiary alicyclic amines) is 1. The van der Waals surface area contributed by atoms with Gasteiger partial charge in [0.1, 0.15) is 0 Å². The van der Waals surface area contributed by atoms with Crippen molar-refractivity contribution in [1.29, 1.82) is 0 Å². The van der Waals surface area contributed by atoms with Crippen LogP contribution in [0, 0.1) is 0 Å². The number of aliphatic hydroxyl groups excluding tert-OH is 1. The third kappa shape index (κ3) is 11.0. The summed E-state index contributed by atoms with van der Waals surface area (Å²) in [4.78, 5) is 25.8. The summed E-state index contributed by atoms with van der Waals surface area (Å²) < 4.78 is 13.3. The highest BCUT2D eigenvalue weighted by molar-refractivity contribution is 5.76. The van der Waals surface area contributed by atoms with Gasteiger partial charge in [-0.3, -0.25) is 9.59 Å². The minimum atomic E-state index is -0.769. The molecule has 258 valence electrons. The van der Waals surface area contributed by atoms with Crippen LogP contribution in [0.1, 0.15) is 112 Å². The molecule has 2 heterocycles. The van der Waals surface area contributed by atoms with Crippen LogP contribution in [0.4, 0.5) is 0 Å². The molecule has 8 heteroatoms. The smallest absolute Gasteiger partial charge is 0.303 e. The molecule has 8 nitrogen and oxygen atoms in total. The zero-order chi connectivity index (χ0) is 33.6. The maximum atomic E-state index is 12.5. The lowest BCUT2D eigenvalue weighted by molar-refractivity contribution is -0.253. The van der Waals surface area contributed by atoms with E-state index in [-0.39, 0.29) is 31.1 Å². The lowest BCUT2D eigenvalue weighted by Gasteiger charge is -2.39. The number of carbonyl (C=O) groups excluding carboxylic acids is 1. The molecule has 0 saturated carbocycles. The molecule has 0 aromatic heterocycles. The van der Waals surface area contributed by atoms with Crippen LogP contribution in [0.15, 0.2) is 72.8 Å². The summed E-state index contributed by atoms with van der Waals surface area (Å²) in [7, 11) is 0. The fourth-order valence-electron chi connectivity index (χ4n) is 6.79. The fraction of sp³-hybridized carbons (Fsp3) is 0.500. The number of unbranched alkanes of at least 4 members (excludes halogenated alkanes) is 3. The number of aliphatic hydroxyl groups is 1. The van der Waals surface area contributed by atoms with Crippen LogP contribution < -0.4 is 5.32 Å². The second-order valence-corrected chi connectivity index (χ2v) is 13.3. The van der Waals surface area contributed by atoms with Crippen molar-refractivity contribution in [3.05, 3.63) is 95.1 Å². The van der Waals surface area contributed by atoms with Crippen molar-refractivity contribution in [2.24, 2.45) is 0 Å². The molecule has 0 spiro atoms. The second kappa shape index (κ2) is 18.8. The number of rotatable bonds is 15. The SMILES string of the molecule is O=C(O)CCCCCCC(=O)NCc1ccccc1-c1ccc([C@H]2O[C@@H](CN3CCCCCCC3)C[C@@H](c3ccc(CO)cc3)O2)cc1. The minimum absolute atomic E-state index is 0.0100. The second-order valence-electron chi connectivity index (χ2n) is 13.3. The average Bonchev–Trinajstić information content (AvgIpc) is 3.10. The number of amides is 1. The molecule has 3 aromatic carbocycles. The van der Waals surface area contributed by atoms with Crippen molar-refractivity contribution in [2.75, 3.05) is 19.6 Å². The van der Waals surface area contributed by atoms with Gasteiger partial charge in [0, 0.05) is 37.9 Å². The Kier molecular flexibility index (Phi) is 14.0. The van der Waals surface area contributed by atoms with Crippen molar-refractivity contribution >= 4 is 11.9 Å². The van der Waals surface area contributed by atoms with Crippen LogP contribution in [-0.4, -0.2) is 52.7 Å². The lowest BCUT2D eigenvalue weighted by Crippen LogP contribution is -2.40. The van der Waals surface area contributed by atoms with Crippen LogP contribution in [0.2, 0.25) is 0 Å². The number of benzene rings is 3. The minimum Gasteiger partial charge on any atom is -0.481 e. The van der Waals surface area contributed by atoms with Gasteiger partial charge in [-0.15, -0.1) is 0 Å². The van der Waals surface area contributed by atoms with Crippen molar-refractivity contribution in [3.8, 4) is 11.1 Å². The normalized spacial score (nSPS) is 20.5. The Labute approximate surface area is 285 Å². The van der Waals surface area contributed by atoms with Gasteiger partial charge in [0.05, 0.1) is 18.8 Å². The fourth-order valence-corrected chi connectivity index (χ4v) is 6.79. The number of aliphatic carboxylic acids is 1. The maximum absolute atomic E-state index is 12.5. The molecule has 3 aromatic rings. The number of carboxylic acids is 1. The first kappa shape index (κ1) is 35.7. The van der Waals surface area contributed by atoms with Gasteiger partial charge in [-0.1, -0.05) is 105 Å². The number of nitrogens with one attached hydrogen (secondary N) is 1. The lowest BCUT2D eigenvalue weighted by atomic mass is 9.97. The van der Waals surface area contributed by atoms with Gasteiger partial charge in [-0.05, 0) is 66.6 Å². The average molecular weight is 657 g/mol. The Morgan fingerprint density at radius 3 is 2.15 bits per heavy atom. The molecule has 2 saturated heterocycles. The van der Waals surface area contributed by atoms with Gasteiger partial charge in [0.15, 0.2) is 6.29 Å². The van der Waals surface area contributed by atoms with Gasteiger partial charge < -0.3 is 29.9 Å². The van der Waals surface area contributed by atoms with Crippen molar-refractivity contribution in [3.63, 3.8) is 0 Å². The Bertz CT molecular complexity index is 1420. The predicted molar refractivity (Wildman–Crippen MR) is 187 cm³/mol. The first-order valence-corrected chi connectivity index (χ1v) is 17.9. The zero-order valence-corrected chi connectivity index (χ0v) is 28.2. The van der Waals surface area contributed by atoms with Crippen LogP contribution in [0.25, 0.3) is 11.1 Å². The van der Waals surface area contributed by atoms with E-state index in [4.69, 9.17) is 14.6 Å². The van der Waals surface area contributed by atoms with Gasteiger partial charge in [0.2, 0.25) is 5.91 Å². The largest absolute Gasteiger partial charge is 0.481 e. The number of ether oxygens (including phenoxy) is 2. The first-order valence-electron chi connectivity index (χ1n) is 17.9. The molecule has 5 rings (SSSR count). The van der Waals surface area contributed by atoms with Crippen molar-refractivity contribution < 1.29 is 29.3 Å². The first-order chi connectivity index (χ1) is 23.5.